The number of benzene rings is 2. The number of hydrogen-bond donors (Lipinski definition) is 4. The summed E-state index contributed by atoms with van der Waals surface area (Å²) in [5.41, 5.74) is 8.98. The Hall–Kier alpha value is -2.69. The Morgan fingerprint density at radius 3 is 2.79 bits per heavy atom. The summed E-state index contributed by atoms with van der Waals surface area (Å²) in [5.74, 6) is -0.227. The zero-order valence-corrected chi connectivity index (χ0v) is 10.1. The molecule has 2 aromatic rings. The van der Waals surface area contributed by atoms with Gasteiger partial charge < -0.3 is 21.5 Å². The second-order valence-electron chi connectivity index (χ2n) is 4.41. The van der Waals surface area contributed by atoms with E-state index >= 15 is 0 Å². The third-order valence-corrected chi connectivity index (χ3v) is 3.18. The molecule has 3 rings (SSSR count). The molecule has 1 aliphatic rings. The van der Waals surface area contributed by atoms with Crippen molar-refractivity contribution in [2.45, 2.75) is 6.54 Å². The summed E-state index contributed by atoms with van der Waals surface area (Å²) in [4.78, 5) is 11.2. The van der Waals surface area contributed by atoms with Crippen LogP contribution in [0.4, 0.5) is 17.1 Å². The lowest BCUT2D eigenvalue weighted by Crippen LogP contribution is -2.11. The molecule has 0 aromatic heterocycles. The summed E-state index contributed by atoms with van der Waals surface area (Å²) < 4.78 is 0. The summed E-state index contributed by atoms with van der Waals surface area (Å²) in [7, 11) is 0. The Morgan fingerprint density at radius 1 is 1.16 bits per heavy atom. The number of amides is 1. The molecule has 2 aromatic carbocycles. The number of hydrogen-bond acceptors (Lipinski definition) is 4. The second kappa shape index (κ2) is 4.20. The first kappa shape index (κ1) is 11.4. The fourth-order valence-corrected chi connectivity index (χ4v) is 2.16. The predicted octanol–water partition coefficient (Wildman–Crippen LogP) is 2.16. The average molecular weight is 255 g/mol. The van der Waals surface area contributed by atoms with E-state index in [2.05, 4.69) is 10.6 Å². The van der Waals surface area contributed by atoms with E-state index in [0.717, 1.165) is 22.6 Å². The van der Waals surface area contributed by atoms with Crippen LogP contribution in [0.1, 0.15) is 15.9 Å². The molecular formula is C14H13N3O2. The van der Waals surface area contributed by atoms with E-state index < -0.39 is 5.91 Å². The quantitative estimate of drug-likeness (QED) is 0.629. The van der Waals surface area contributed by atoms with Gasteiger partial charge in [0.1, 0.15) is 5.75 Å². The maximum Gasteiger partial charge on any atom is 0.248 e. The molecule has 0 bridgehead atoms. The number of phenols is 1. The Labute approximate surface area is 110 Å². The lowest BCUT2D eigenvalue weighted by atomic mass is 10.1. The number of carbonyl (C=O) groups excluding carboxylic acids is 1. The molecule has 0 radical (unpaired) electrons. The number of fused-ring (bicyclic) bond motifs is 2. The van der Waals surface area contributed by atoms with Gasteiger partial charge in [-0.3, -0.25) is 4.79 Å². The van der Waals surface area contributed by atoms with Crippen LogP contribution in [0.2, 0.25) is 0 Å². The van der Waals surface area contributed by atoms with Crippen molar-refractivity contribution in [3.05, 3.63) is 47.5 Å². The maximum absolute atomic E-state index is 11.2. The molecule has 0 fully saturated rings. The van der Waals surface area contributed by atoms with Crippen molar-refractivity contribution in [3.8, 4) is 5.75 Å². The van der Waals surface area contributed by atoms with Crippen molar-refractivity contribution in [3.63, 3.8) is 0 Å². The molecule has 0 unspecified atom stereocenters. The zero-order chi connectivity index (χ0) is 13.4. The molecule has 0 saturated heterocycles. The minimum atomic E-state index is -0.464. The van der Waals surface area contributed by atoms with Crippen LogP contribution in [-0.4, -0.2) is 11.0 Å². The van der Waals surface area contributed by atoms with Gasteiger partial charge in [-0.05, 0) is 30.3 Å². The molecule has 1 aliphatic heterocycles. The third kappa shape index (κ3) is 1.95. The minimum Gasteiger partial charge on any atom is -0.508 e. The van der Waals surface area contributed by atoms with Crippen molar-refractivity contribution >= 4 is 23.0 Å². The van der Waals surface area contributed by atoms with Gasteiger partial charge >= 0.3 is 0 Å². The van der Waals surface area contributed by atoms with E-state index in [1.807, 2.05) is 6.07 Å². The summed E-state index contributed by atoms with van der Waals surface area (Å²) in [6.07, 6.45) is 0. The highest BCUT2D eigenvalue weighted by atomic mass is 16.3. The number of nitrogens with two attached hydrogens (primary N) is 1. The summed E-state index contributed by atoms with van der Waals surface area (Å²) in [6.45, 7) is 0.476. The second-order valence-corrected chi connectivity index (χ2v) is 4.41. The van der Waals surface area contributed by atoms with Crippen molar-refractivity contribution < 1.29 is 9.90 Å². The molecule has 19 heavy (non-hydrogen) atoms. The maximum atomic E-state index is 11.2. The summed E-state index contributed by atoms with van der Waals surface area (Å²) in [6, 6.07) is 10.5. The lowest BCUT2D eigenvalue weighted by molar-refractivity contribution is 0.100. The van der Waals surface area contributed by atoms with Gasteiger partial charge in [0.15, 0.2) is 0 Å². The van der Waals surface area contributed by atoms with Crippen LogP contribution < -0.4 is 16.4 Å². The van der Waals surface area contributed by atoms with E-state index in [9.17, 15) is 9.90 Å². The highest BCUT2D eigenvalue weighted by Gasteiger charge is 2.15. The molecule has 1 heterocycles. The Bertz CT molecular complexity index is 668. The highest BCUT2D eigenvalue weighted by Crippen LogP contribution is 2.35. The topological polar surface area (TPSA) is 87.4 Å². The normalized spacial score (nSPS) is 12.4. The molecule has 0 atom stereocenters. The first-order chi connectivity index (χ1) is 9.15. The predicted molar refractivity (Wildman–Crippen MR) is 73.7 cm³/mol. The lowest BCUT2D eigenvalue weighted by Gasteiger charge is -2.10. The van der Waals surface area contributed by atoms with E-state index in [1.54, 1.807) is 30.3 Å². The number of primary amides is 1. The van der Waals surface area contributed by atoms with Crippen LogP contribution in [0, 0.1) is 0 Å². The summed E-state index contributed by atoms with van der Waals surface area (Å²) in [5, 5.41) is 16.3. The Balaban J connectivity index is 2.06. The zero-order valence-electron chi connectivity index (χ0n) is 10.1. The minimum absolute atomic E-state index is 0.237. The highest BCUT2D eigenvalue weighted by molar-refractivity contribution is 5.95. The van der Waals surface area contributed by atoms with Gasteiger partial charge in [-0.1, -0.05) is 6.07 Å². The van der Waals surface area contributed by atoms with E-state index in [4.69, 9.17) is 5.73 Å². The van der Waals surface area contributed by atoms with Gasteiger partial charge in [-0.2, -0.15) is 0 Å². The van der Waals surface area contributed by atoms with Crippen LogP contribution in [0.3, 0.4) is 0 Å². The number of rotatable bonds is 1. The Morgan fingerprint density at radius 2 is 2.00 bits per heavy atom. The molecule has 0 saturated carbocycles. The largest absolute Gasteiger partial charge is 0.508 e. The number of nitrogens with one attached hydrogen (secondary N) is 2. The van der Waals surface area contributed by atoms with Crippen LogP contribution in [0.5, 0.6) is 5.75 Å². The van der Waals surface area contributed by atoms with Gasteiger partial charge in [0.2, 0.25) is 5.91 Å². The molecule has 0 spiro atoms. The first-order valence-corrected chi connectivity index (χ1v) is 5.91. The van der Waals surface area contributed by atoms with Crippen molar-refractivity contribution in [2.75, 3.05) is 10.6 Å². The van der Waals surface area contributed by atoms with Gasteiger partial charge in [-0.15, -0.1) is 0 Å². The molecular weight excluding hydrogens is 242 g/mol. The standard InChI is InChI=1S/C14H13N3O2/c15-14(19)8-4-5-11-12(6-8)16-7-9-10(17-11)2-1-3-13(9)18/h1-6,16-18H,7H2,(H2,15,19). The van der Waals surface area contributed by atoms with Gasteiger partial charge in [0.25, 0.3) is 0 Å². The van der Waals surface area contributed by atoms with Crippen molar-refractivity contribution in [1.29, 1.82) is 0 Å². The van der Waals surface area contributed by atoms with Crippen LogP contribution in [0.15, 0.2) is 36.4 Å². The summed E-state index contributed by atoms with van der Waals surface area (Å²) >= 11 is 0. The smallest absolute Gasteiger partial charge is 0.248 e. The third-order valence-electron chi connectivity index (χ3n) is 3.18. The fourth-order valence-electron chi connectivity index (χ4n) is 2.16. The number of carbonyl (C=O) groups is 1. The number of aromatic hydroxyl groups is 1. The van der Waals surface area contributed by atoms with Crippen LogP contribution >= 0.6 is 0 Å². The first-order valence-electron chi connectivity index (χ1n) is 5.91. The molecule has 0 aliphatic carbocycles. The van der Waals surface area contributed by atoms with Crippen molar-refractivity contribution in [1.82, 2.24) is 0 Å². The molecule has 1 amide bonds. The van der Waals surface area contributed by atoms with E-state index in [0.29, 0.717) is 12.1 Å². The molecule has 5 N–H and O–H groups in total. The fraction of sp³-hybridized carbons (Fsp3) is 0.0714. The van der Waals surface area contributed by atoms with E-state index in [-0.39, 0.29) is 5.75 Å². The molecule has 5 nitrogen and oxygen atoms in total. The van der Waals surface area contributed by atoms with Crippen LogP contribution in [-0.2, 0) is 6.54 Å². The van der Waals surface area contributed by atoms with Gasteiger partial charge in [0.05, 0.1) is 11.4 Å². The van der Waals surface area contributed by atoms with Crippen LogP contribution in [0.25, 0.3) is 0 Å². The average Bonchev–Trinajstić information content (AvgIpc) is 2.57. The Kier molecular flexibility index (Phi) is 2.52. The monoisotopic (exact) mass is 255 g/mol. The van der Waals surface area contributed by atoms with Crippen molar-refractivity contribution in [2.24, 2.45) is 5.73 Å². The SMILES string of the molecule is NC(=O)c1ccc2c(c1)NCc1c(O)cccc1N2. The number of phenolic OH excluding ortho intramolecular Hbond substituents is 1. The number of anilines is 3. The molecule has 5 heteroatoms. The van der Waals surface area contributed by atoms with Gasteiger partial charge in [0, 0.05) is 23.4 Å². The molecule has 96 valence electrons. The van der Waals surface area contributed by atoms with E-state index in [1.165, 1.54) is 0 Å². The van der Waals surface area contributed by atoms with Gasteiger partial charge in [-0.25, -0.2) is 0 Å².